The van der Waals surface area contributed by atoms with Crippen LogP contribution in [0.3, 0.4) is 0 Å². The minimum Gasteiger partial charge on any atom is -0.478 e. The van der Waals surface area contributed by atoms with E-state index in [-0.39, 0.29) is 5.56 Å². The lowest BCUT2D eigenvalue weighted by Crippen LogP contribution is -2.09. The molecule has 0 heterocycles. The van der Waals surface area contributed by atoms with Gasteiger partial charge in [-0.05, 0) is 18.6 Å². The number of hydrogen-bond donors (Lipinski definition) is 1. The monoisotopic (exact) mass is 232 g/mol. The van der Waals surface area contributed by atoms with E-state index in [1.807, 2.05) is 0 Å². The molecule has 0 aliphatic rings. The van der Waals surface area contributed by atoms with Crippen LogP contribution in [0.4, 0.5) is 4.39 Å². The van der Waals surface area contributed by atoms with Gasteiger partial charge in [0.15, 0.2) is 15.7 Å². The van der Waals surface area contributed by atoms with Crippen molar-refractivity contribution in [2.24, 2.45) is 0 Å². The third kappa shape index (κ3) is 2.15. The maximum absolute atomic E-state index is 13.5. The highest BCUT2D eigenvalue weighted by molar-refractivity contribution is 7.90. The van der Waals surface area contributed by atoms with E-state index in [9.17, 15) is 17.6 Å². The molecular weight excluding hydrogens is 223 g/mol. The molecule has 0 saturated heterocycles. The third-order valence-electron chi connectivity index (χ3n) is 1.90. The van der Waals surface area contributed by atoms with Gasteiger partial charge < -0.3 is 5.11 Å². The first-order valence-corrected chi connectivity index (χ1v) is 5.86. The highest BCUT2D eigenvalue weighted by Crippen LogP contribution is 2.22. The minimum atomic E-state index is -3.76. The van der Waals surface area contributed by atoms with Gasteiger partial charge in [0, 0.05) is 6.26 Å². The van der Waals surface area contributed by atoms with E-state index in [4.69, 9.17) is 5.11 Å². The fourth-order valence-electron chi connectivity index (χ4n) is 1.27. The fraction of sp³-hybridized carbons (Fsp3) is 0.222. The third-order valence-corrected chi connectivity index (χ3v) is 3.14. The zero-order valence-electron chi connectivity index (χ0n) is 8.11. The van der Waals surface area contributed by atoms with Crippen LogP contribution in [-0.4, -0.2) is 25.7 Å². The molecule has 0 amide bonds. The maximum Gasteiger partial charge on any atom is 0.338 e. The molecule has 0 spiro atoms. The molecule has 4 nitrogen and oxygen atoms in total. The second kappa shape index (κ2) is 3.62. The Hall–Kier alpha value is -1.43. The average molecular weight is 232 g/mol. The number of aromatic carboxylic acids is 1. The molecule has 0 radical (unpaired) electrons. The first kappa shape index (κ1) is 11.6. The van der Waals surface area contributed by atoms with Crippen LogP contribution in [0.25, 0.3) is 0 Å². The van der Waals surface area contributed by atoms with Crippen LogP contribution >= 0.6 is 0 Å². The minimum absolute atomic E-state index is 0.194. The van der Waals surface area contributed by atoms with Crippen LogP contribution in [-0.2, 0) is 9.84 Å². The number of sulfone groups is 1. The molecule has 0 aliphatic heterocycles. The van der Waals surface area contributed by atoms with Gasteiger partial charge in [-0.15, -0.1) is 0 Å². The SMILES string of the molecule is Cc1ccc(C(=O)O)c(F)c1S(C)(=O)=O. The largest absolute Gasteiger partial charge is 0.478 e. The lowest BCUT2D eigenvalue weighted by atomic mass is 10.1. The molecule has 0 bridgehead atoms. The zero-order valence-corrected chi connectivity index (χ0v) is 8.93. The van der Waals surface area contributed by atoms with E-state index in [1.165, 1.54) is 13.0 Å². The normalized spacial score (nSPS) is 11.4. The maximum atomic E-state index is 13.5. The molecule has 0 aliphatic carbocycles. The quantitative estimate of drug-likeness (QED) is 0.832. The molecule has 0 atom stereocenters. The second-order valence-corrected chi connectivity index (χ2v) is 5.10. The molecule has 6 heteroatoms. The molecule has 1 N–H and O–H groups in total. The van der Waals surface area contributed by atoms with Gasteiger partial charge in [-0.25, -0.2) is 17.6 Å². The number of carbonyl (C=O) groups is 1. The standard InChI is InChI=1S/C9H9FO4S/c1-5-3-4-6(9(11)12)7(10)8(5)15(2,13)14/h3-4H,1-2H3,(H,11,12). The van der Waals surface area contributed by atoms with Crippen molar-refractivity contribution in [1.29, 1.82) is 0 Å². The Labute approximate surface area is 86.3 Å². The highest BCUT2D eigenvalue weighted by atomic mass is 32.2. The van der Waals surface area contributed by atoms with Crippen molar-refractivity contribution in [2.45, 2.75) is 11.8 Å². The van der Waals surface area contributed by atoms with E-state index in [0.29, 0.717) is 0 Å². The summed E-state index contributed by atoms with van der Waals surface area (Å²) in [6, 6.07) is 2.31. The van der Waals surface area contributed by atoms with Gasteiger partial charge in [-0.3, -0.25) is 0 Å². The van der Waals surface area contributed by atoms with Gasteiger partial charge >= 0.3 is 5.97 Å². The lowest BCUT2D eigenvalue weighted by molar-refractivity contribution is 0.0691. The zero-order chi connectivity index (χ0) is 11.8. The smallest absolute Gasteiger partial charge is 0.338 e. The van der Waals surface area contributed by atoms with E-state index in [1.54, 1.807) is 0 Å². The molecule has 0 fully saturated rings. The van der Waals surface area contributed by atoms with Crippen LogP contribution in [0, 0.1) is 12.7 Å². The Balaban J connectivity index is 3.66. The van der Waals surface area contributed by atoms with E-state index in [2.05, 4.69) is 0 Å². The summed E-state index contributed by atoms with van der Waals surface area (Å²) in [5, 5.41) is 8.61. The number of aryl methyl sites for hydroxylation is 1. The summed E-state index contributed by atoms with van der Waals surface area (Å²) in [5.41, 5.74) is -0.443. The highest BCUT2D eigenvalue weighted by Gasteiger charge is 2.22. The lowest BCUT2D eigenvalue weighted by Gasteiger charge is -2.06. The van der Waals surface area contributed by atoms with Crippen molar-refractivity contribution in [2.75, 3.05) is 6.26 Å². The van der Waals surface area contributed by atoms with E-state index >= 15 is 0 Å². The molecule has 1 aromatic carbocycles. The number of hydrogen-bond acceptors (Lipinski definition) is 3. The first-order valence-electron chi connectivity index (χ1n) is 3.97. The van der Waals surface area contributed by atoms with Crippen molar-refractivity contribution in [3.05, 3.63) is 29.1 Å². The molecule has 0 unspecified atom stereocenters. The van der Waals surface area contributed by atoms with Crippen molar-refractivity contribution in [1.82, 2.24) is 0 Å². The number of halogens is 1. The second-order valence-electron chi connectivity index (χ2n) is 3.15. The first-order chi connectivity index (χ1) is 6.75. The topological polar surface area (TPSA) is 71.4 Å². The molecule has 1 aromatic rings. The molecule has 82 valence electrons. The van der Waals surface area contributed by atoms with Crippen LogP contribution in [0.2, 0.25) is 0 Å². The fourth-order valence-corrected chi connectivity index (χ4v) is 2.36. The Morgan fingerprint density at radius 1 is 1.40 bits per heavy atom. The van der Waals surface area contributed by atoms with Gasteiger partial charge in [-0.1, -0.05) is 6.07 Å². The predicted molar refractivity (Wildman–Crippen MR) is 51.2 cm³/mol. The Morgan fingerprint density at radius 2 is 1.93 bits per heavy atom. The van der Waals surface area contributed by atoms with Gasteiger partial charge in [0.1, 0.15) is 4.90 Å². The van der Waals surface area contributed by atoms with E-state index < -0.39 is 32.1 Å². The van der Waals surface area contributed by atoms with Crippen LogP contribution in [0.1, 0.15) is 15.9 Å². The van der Waals surface area contributed by atoms with Crippen LogP contribution in [0.5, 0.6) is 0 Å². The van der Waals surface area contributed by atoms with E-state index in [0.717, 1.165) is 12.3 Å². The Morgan fingerprint density at radius 3 is 2.33 bits per heavy atom. The number of rotatable bonds is 2. The van der Waals surface area contributed by atoms with Gasteiger partial charge in [0.2, 0.25) is 0 Å². The summed E-state index contributed by atoms with van der Waals surface area (Å²) in [5.74, 6) is -2.69. The molecular formula is C9H9FO4S. The van der Waals surface area contributed by atoms with Crippen molar-refractivity contribution >= 4 is 15.8 Å². The molecule has 15 heavy (non-hydrogen) atoms. The molecule has 1 rings (SSSR count). The molecule has 0 aromatic heterocycles. The number of carboxylic acids is 1. The molecule has 0 saturated carbocycles. The Bertz CT molecular complexity index is 519. The summed E-state index contributed by atoms with van der Waals surface area (Å²) in [7, 11) is -3.76. The summed E-state index contributed by atoms with van der Waals surface area (Å²) < 4.78 is 36.0. The van der Waals surface area contributed by atoms with Crippen molar-refractivity contribution < 1.29 is 22.7 Å². The van der Waals surface area contributed by atoms with Gasteiger partial charge in [0.25, 0.3) is 0 Å². The summed E-state index contributed by atoms with van der Waals surface area (Å²) in [6.45, 7) is 1.41. The van der Waals surface area contributed by atoms with Crippen LogP contribution in [0.15, 0.2) is 17.0 Å². The summed E-state index contributed by atoms with van der Waals surface area (Å²) in [6.07, 6.45) is 0.837. The number of carboxylic acid groups (broad SMARTS) is 1. The van der Waals surface area contributed by atoms with Gasteiger partial charge in [-0.2, -0.15) is 0 Å². The van der Waals surface area contributed by atoms with Crippen molar-refractivity contribution in [3.8, 4) is 0 Å². The van der Waals surface area contributed by atoms with Gasteiger partial charge in [0.05, 0.1) is 5.56 Å². The summed E-state index contributed by atoms with van der Waals surface area (Å²) in [4.78, 5) is 10.0. The summed E-state index contributed by atoms with van der Waals surface area (Å²) >= 11 is 0. The predicted octanol–water partition coefficient (Wildman–Crippen LogP) is 1.24. The van der Waals surface area contributed by atoms with Crippen LogP contribution < -0.4 is 0 Å². The number of benzene rings is 1. The van der Waals surface area contributed by atoms with Crippen molar-refractivity contribution in [3.63, 3.8) is 0 Å². The Kier molecular flexibility index (Phi) is 2.81. The average Bonchev–Trinajstić information content (AvgIpc) is 2.00.